The van der Waals surface area contributed by atoms with Gasteiger partial charge in [0.05, 0.1) is 46.3 Å². The highest BCUT2D eigenvalue weighted by atomic mass is 35.5. The molecule has 0 amide bonds. The molecular weight excluding hydrogens is 663 g/mol. The number of sulfone groups is 1. The number of halogens is 2. The van der Waals surface area contributed by atoms with Crippen LogP contribution in [0.4, 0.5) is 10.2 Å². The number of anilines is 1. The van der Waals surface area contributed by atoms with Gasteiger partial charge in [0.15, 0.2) is 6.23 Å². The van der Waals surface area contributed by atoms with Crippen molar-refractivity contribution in [1.82, 2.24) is 24.1 Å². The SMILES string of the molecule is C[C@@]1(O)COCCN(c2nc(S(C)(=O)=O)nc3sc4c(-c5c(C6(F)CC6)c(Cl)cc6c5cnn6C5CCCCO5)nsc4c23)C1. The molecule has 3 fully saturated rings. The van der Waals surface area contributed by atoms with Gasteiger partial charge in [-0.2, -0.15) is 9.47 Å². The lowest BCUT2D eigenvalue weighted by atomic mass is 9.95. The Bertz CT molecular complexity index is 2100. The number of β-amino-alcohol motifs (C(OH)–C–C–N with tert-alkyl or cyclic N) is 1. The van der Waals surface area contributed by atoms with Crippen LogP contribution in [0.1, 0.15) is 50.8 Å². The Morgan fingerprint density at radius 1 is 1.20 bits per heavy atom. The minimum absolute atomic E-state index is 0.137. The molecule has 2 aliphatic heterocycles. The summed E-state index contributed by atoms with van der Waals surface area (Å²) in [7, 11) is -3.77. The van der Waals surface area contributed by atoms with Crippen molar-refractivity contribution in [2.24, 2.45) is 0 Å². The van der Waals surface area contributed by atoms with Crippen LogP contribution in [0, 0.1) is 0 Å². The molecule has 3 aliphatic rings. The summed E-state index contributed by atoms with van der Waals surface area (Å²) in [4.78, 5) is 11.3. The molecule has 0 radical (unpaired) electrons. The zero-order chi connectivity index (χ0) is 31.3. The second-order valence-electron chi connectivity index (χ2n) is 12.5. The van der Waals surface area contributed by atoms with Crippen LogP contribution < -0.4 is 4.90 Å². The van der Waals surface area contributed by atoms with Gasteiger partial charge >= 0.3 is 0 Å². The predicted molar refractivity (Wildman–Crippen MR) is 172 cm³/mol. The lowest BCUT2D eigenvalue weighted by Gasteiger charge is -2.28. The van der Waals surface area contributed by atoms with Crippen molar-refractivity contribution in [3.8, 4) is 11.3 Å². The molecule has 1 aromatic carbocycles. The van der Waals surface area contributed by atoms with E-state index in [1.54, 1.807) is 19.2 Å². The minimum atomic E-state index is -3.77. The van der Waals surface area contributed by atoms with Crippen LogP contribution >= 0.6 is 34.5 Å². The van der Waals surface area contributed by atoms with Gasteiger partial charge in [-0.15, -0.1) is 11.3 Å². The molecule has 6 heterocycles. The summed E-state index contributed by atoms with van der Waals surface area (Å²) in [5, 5.41) is 17.0. The van der Waals surface area contributed by atoms with Gasteiger partial charge in [0.25, 0.3) is 0 Å². The van der Waals surface area contributed by atoms with Crippen LogP contribution in [0.25, 0.3) is 41.8 Å². The highest BCUT2D eigenvalue weighted by molar-refractivity contribution is 7.90. The van der Waals surface area contributed by atoms with Gasteiger partial charge in [0, 0.05) is 40.9 Å². The Labute approximate surface area is 271 Å². The Balaban J connectivity index is 1.39. The minimum Gasteiger partial charge on any atom is -0.386 e. The number of aliphatic hydroxyl groups is 1. The summed E-state index contributed by atoms with van der Waals surface area (Å²) in [6.07, 6.45) is 6.10. The van der Waals surface area contributed by atoms with Crippen molar-refractivity contribution in [2.45, 2.75) is 61.7 Å². The first-order chi connectivity index (χ1) is 21.4. The number of hydrogen-bond acceptors (Lipinski definition) is 12. The smallest absolute Gasteiger partial charge is 0.250 e. The summed E-state index contributed by atoms with van der Waals surface area (Å²) in [5.74, 6) is 0.385. The van der Waals surface area contributed by atoms with Crippen LogP contribution in [0.2, 0.25) is 5.02 Å². The molecule has 45 heavy (non-hydrogen) atoms. The molecule has 5 aromatic rings. The number of aromatic nitrogens is 5. The standard InChI is InChI=1S/C29H30ClFN6O5S3/c1-28(38)13-36(8-10-41-14-28)25-20-23-24(43-26(20)34-27(33-25)45(2,39)40)22(35-44-23)19-15-12-32-37(18-5-3-4-9-42-18)17(15)11-16(30)21(19)29(31)6-7-29/h11-12,18,38H,3-10,13-14H2,1-2H3/t18?,28-/m0/s1. The van der Waals surface area contributed by atoms with Gasteiger partial charge in [-0.25, -0.2) is 27.5 Å². The number of fused-ring (bicyclic) bond motifs is 4. The van der Waals surface area contributed by atoms with E-state index < -0.39 is 21.1 Å². The van der Waals surface area contributed by atoms with Gasteiger partial charge in [0.1, 0.15) is 27.6 Å². The van der Waals surface area contributed by atoms with E-state index in [4.69, 9.17) is 30.5 Å². The van der Waals surface area contributed by atoms with E-state index in [1.165, 1.54) is 22.9 Å². The summed E-state index contributed by atoms with van der Waals surface area (Å²) in [5.41, 5.74) is -0.495. The third-order valence-electron chi connectivity index (χ3n) is 8.65. The summed E-state index contributed by atoms with van der Waals surface area (Å²) >= 11 is 9.42. The monoisotopic (exact) mass is 692 g/mol. The van der Waals surface area contributed by atoms with E-state index in [-0.39, 0.29) is 24.5 Å². The third kappa shape index (κ3) is 5.02. The predicted octanol–water partition coefficient (Wildman–Crippen LogP) is 5.62. The number of benzene rings is 1. The highest BCUT2D eigenvalue weighted by Gasteiger charge is 2.49. The van der Waals surface area contributed by atoms with Gasteiger partial charge in [-0.05, 0) is 56.6 Å². The number of nitrogens with zero attached hydrogens (tertiary/aromatic N) is 6. The second kappa shape index (κ2) is 10.5. The normalized spacial score (nSPS) is 24.1. The van der Waals surface area contributed by atoms with E-state index in [0.717, 1.165) is 45.8 Å². The Kier molecular flexibility index (Phi) is 6.96. The maximum atomic E-state index is 16.2. The number of alkyl halides is 1. The van der Waals surface area contributed by atoms with Gasteiger partial charge in [0.2, 0.25) is 15.0 Å². The maximum absolute atomic E-state index is 16.2. The Morgan fingerprint density at radius 2 is 2.02 bits per heavy atom. The molecule has 4 aromatic heterocycles. The van der Waals surface area contributed by atoms with E-state index >= 15 is 4.39 Å². The molecule has 1 saturated carbocycles. The van der Waals surface area contributed by atoms with E-state index in [0.29, 0.717) is 70.5 Å². The molecule has 16 heteroatoms. The fraction of sp³-hybridized carbons (Fsp3) is 0.517. The van der Waals surface area contributed by atoms with Crippen LogP contribution in [0.3, 0.4) is 0 Å². The number of ether oxygens (including phenoxy) is 2. The summed E-state index contributed by atoms with van der Waals surface area (Å²) in [6.45, 7) is 3.35. The van der Waals surface area contributed by atoms with E-state index in [1.807, 2.05) is 9.58 Å². The molecule has 8 rings (SSSR count). The van der Waals surface area contributed by atoms with Crippen LogP contribution in [-0.4, -0.2) is 82.4 Å². The lowest BCUT2D eigenvalue weighted by Crippen LogP contribution is -2.42. The Hall–Kier alpha value is -2.53. The van der Waals surface area contributed by atoms with Crippen molar-refractivity contribution >= 4 is 80.6 Å². The quantitative estimate of drug-likeness (QED) is 0.232. The fourth-order valence-corrected chi connectivity index (χ4v) is 9.57. The summed E-state index contributed by atoms with van der Waals surface area (Å²) in [6, 6.07) is 1.78. The lowest BCUT2D eigenvalue weighted by molar-refractivity contribution is -0.0366. The second-order valence-corrected chi connectivity index (χ2v) is 16.6. The van der Waals surface area contributed by atoms with Crippen LogP contribution in [0.15, 0.2) is 17.4 Å². The van der Waals surface area contributed by atoms with Gasteiger partial charge < -0.3 is 19.5 Å². The van der Waals surface area contributed by atoms with Crippen molar-refractivity contribution in [3.63, 3.8) is 0 Å². The first-order valence-electron chi connectivity index (χ1n) is 14.8. The number of rotatable bonds is 5. The molecular formula is C29H30ClFN6O5S3. The number of thiophene rings is 1. The number of hydrogen-bond donors (Lipinski definition) is 1. The van der Waals surface area contributed by atoms with Crippen molar-refractivity contribution in [3.05, 3.63) is 22.8 Å². The van der Waals surface area contributed by atoms with Crippen LogP contribution in [-0.2, 0) is 25.0 Å². The zero-order valence-corrected chi connectivity index (χ0v) is 27.8. The average Bonchev–Trinajstić information content (AvgIpc) is 3.30. The molecule has 1 N–H and O–H groups in total. The van der Waals surface area contributed by atoms with Crippen molar-refractivity contribution < 1.29 is 27.4 Å². The van der Waals surface area contributed by atoms with Gasteiger partial charge in [-0.1, -0.05) is 11.6 Å². The summed E-state index contributed by atoms with van der Waals surface area (Å²) < 4.78 is 61.5. The molecule has 0 bridgehead atoms. The molecule has 238 valence electrons. The molecule has 11 nitrogen and oxygen atoms in total. The molecule has 1 unspecified atom stereocenters. The molecule has 1 aliphatic carbocycles. The first-order valence-corrected chi connectivity index (χ1v) is 18.7. The van der Waals surface area contributed by atoms with Crippen molar-refractivity contribution in [2.75, 3.05) is 44.1 Å². The van der Waals surface area contributed by atoms with E-state index in [2.05, 4.69) is 9.97 Å². The van der Waals surface area contributed by atoms with Crippen LogP contribution in [0.5, 0.6) is 0 Å². The topological polar surface area (TPSA) is 133 Å². The molecule has 0 spiro atoms. The Morgan fingerprint density at radius 3 is 2.76 bits per heavy atom. The molecule has 2 saturated heterocycles. The van der Waals surface area contributed by atoms with Crippen molar-refractivity contribution in [1.29, 1.82) is 0 Å². The third-order valence-corrected chi connectivity index (χ3v) is 11.9. The maximum Gasteiger partial charge on any atom is 0.250 e. The fourth-order valence-electron chi connectivity index (χ4n) is 6.40. The average molecular weight is 693 g/mol. The molecule has 2 atom stereocenters. The first kappa shape index (κ1) is 29.8. The largest absolute Gasteiger partial charge is 0.386 e. The van der Waals surface area contributed by atoms with E-state index in [9.17, 15) is 13.5 Å². The highest BCUT2D eigenvalue weighted by Crippen LogP contribution is 2.58. The van der Waals surface area contributed by atoms with Gasteiger partial charge in [-0.3, -0.25) is 0 Å². The zero-order valence-electron chi connectivity index (χ0n) is 24.5.